The minimum Gasteiger partial charge on any atom is -0.383 e. The molecule has 2 aromatic rings. The largest absolute Gasteiger partial charge is 0.419 e. The zero-order valence-electron chi connectivity index (χ0n) is 15.1. The monoisotopic (exact) mass is 378 g/mol. The second kappa shape index (κ2) is 5.81. The van der Waals surface area contributed by atoms with Crippen LogP contribution in [0.3, 0.4) is 0 Å². The number of hydrogen-bond acceptors (Lipinski definition) is 4. The number of carbonyl (C=O) groups excluding carboxylic acids is 1. The van der Waals surface area contributed by atoms with Gasteiger partial charge in [-0.1, -0.05) is 0 Å². The van der Waals surface area contributed by atoms with Crippen LogP contribution in [0.5, 0.6) is 0 Å². The molecule has 4 rings (SSSR count). The van der Waals surface area contributed by atoms with Crippen LogP contribution in [-0.4, -0.2) is 21.1 Å². The fourth-order valence-corrected chi connectivity index (χ4v) is 4.35. The summed E-state index contributed by atoms with van der Waals surface area (Å²) < 4.78 is 41.4. The van der Waals surface area contributed by atoms with E-state index in [0.29, 0.717) is 29.5 Å². The summed E-state index contributed by atoms with van der Waals surface area (Å²) in [6, 6.07) is 2.98. The summed E-state index contributed by atoms with van der Waals surface area (Å²) in [5, 5.41) is 4.58. The third-order valence-electron chi connectivity index (χ3n) is 5.91. The zero-order chi connectivity index (χ0) is 19.6. The Morgan fingerprint density at radius 3 is 2.74 bits per heavy atom. The van der Waals surface area contributed by atoms with E-state index in [1.54, 1.807) is 0 Å². The summed E-state index contributed by atoms with van der Waals surface area (Å²) in [5.74, 6) is 0.501. The zero-order valence-corrected chi connectivity index (χ0v) is 15.1. The Balaban J connectivity index is 1.72. The van der Waals surface area contributed by atoms with Gasteiger partial charge in [0, 0.05) is 35.3 Å². The van der Waals surface area contributed by atoms with E-state index < -0.39 is 17.6 Å². The number of pyridine rings is 1. The molecule has 0 saturated heterocycles. The number of halogens is 3. The lowest BCUT2D eigenvalue weighted by molar-refractivity contribution is -0.137. The van der Waals surface area contributed by atoms with Crippen LogP contribution < -0.4 is 5.73 Å². The number of nitrogens with two attached hydrogens (primary N) is 1. The van der Waals surface area contributed by atoms with E-state index in [1.165, 1.54) is 6.20 Å². The van der Waals surface area contributed by atoms with Gasteiger partial charge in [-0.15, -0.1) is 0 Å². The molecular formula is C19H21F3N4O. The number of hydrogen-bond donors (Lipinski definition) is 1. The fourth-order valence-electron chi connectivity index (χ4n) is 4.35. The van der Waals surface area contributed by atoms with E-state index in [-0.39, 0.29) is 11.5 Å². The molecular weight excluding hydrogens is 357 g/mol. The Hall–Kier alpha value is -2.38. The number of anilines is 1. The number of nitrogen functional groups attached to an aromatic ring is 1. The Labute approximate surface area is 154 Å². The summed E-state index contributed by atoms with van der Waals surface area (Å²) in [7, 11) is 0. The third-order valence-corrected chi connectivity index (χ3v) is 5.91. The van der Waals surface area contributed by atoms with Crippen LogP contribution in [0.2, 0.25) is 0 Å². The van der Waals surface area contributed by atoms with Crippen LogP contribution in [0.4, 0.5) is 19.0 Å². The molecule has 2 aromatic heterocycles. The fraction of sp³-hybridized carbons (Fsp3) is 0.526. The van der Waals surface area contributed by atoms with E-state index in [2.05, 4.69) is 10.1 Å². The van der Waals surface area contributed by atoms with Crippen molar-refractivity contribution < 1.29 is 18.0 Å². The Morgan fingerprint density at radius 2 is 2.15 bits per heavy atom. The number of rotatable bonds is 6. The lowest BCUT2D eigenvalue weighted by Gasteiger charge is -2.15. The summed E-state index contributed by atoms with van der Waals surface area (Å²) >= 11 is 0. The molecule has 144 valence electrons. The standard InChI is InChI=1S/C19H21F3N4O/c1-10(2)26-16(18-8-14(18)12(18)4-3-5-27)7-15(25-26)11-6-13(19(20,21)22)17(23)24-9-11/h5-7,9-10,12,14H,3-4,8H2,1-2H3,(H2,23,24). The molecule has 0 aromatic carbocycles. The van der Waals surface area contributed by atoms with Gasteiger partial charge in [-0.25, -0.2) is 4.98 Å². The molecule has 5 nitrogen and oxygen atoms in total. The van der Waals surface area contributed by atoms with Crippen molar-refractivity contribution in [2.75, 3.05) is 5.73 Å². The van der Waals surface area contributed by atoms with Gasteiger partial charge in [0.15, 0.2) is 0 Å². The minimum atomic E-state index is -4.56. The Morgan fingerprint density at radius 1 is 1.41 bits per heavy atom. The van der Waals surface area contributed by atoms with Crippen LogP contribution in [0.1, 0.15) is 50.4 Å². The molecule has 27 heavy (non-hydrogen) atoms. The molecule has 0 bridgehead atoms. The second-order valence-corrected chi connectivity index (χ2v) is 7.81. The van der Waals surface area contributed by atoms with Crippen molar-refractivity contribution in [3.8, 4) is 11.3 Å². The highest BCUT2D eigenvalue weighted by molar-refractivity contribution is 5.64. The average molecular weight is 378 g/mol. The number of carbonyl (C=O) groups is 1. The average Bonchev–Trinajstić information content (AvgIpc) is 3.40. The smallest absolute Gasteiger partial charge is 0.383 e. The van der Waals surface area contributed by atoms with Crippen LogP contribution in [0.25, 0.3) is 11.3 Å². The number of aldehydes is 1. The summed E-state index contributed by atoms with van der Waals surface area (Å²) in [6.07, 6.45) is 0.168. The first-order chi connectivity index (χ1) is 12.7. The topological polar surface area (TPSA) is 73.8 Å². The van der Waals surface area contributed by atoms with Crippen molar-refractivity contribution in [3.63, 3.8) is 0 Å². The third kappa shape index (κ3) is 2.73. The van der Waals surface area contributed by atoms with Crippen molar-refractivity contribution in [2.45, 2.75) is 50.7 Å². The van der Waals surface area contributed by atoms with E-state index >= 15 is 0 Å². The maximum absolute atomic E-state index is 13.2. The van der Waals surface area contributed by atoms with Crippen molar-refractivity contribution in [1.29, 1.82) is 0 Å². The van der Waals surface area contributed by atoms with Gasteiger partial charge in [0.2, 0.25) is 0 Å². The van der Waals surface area contributed by atoms with E-state index in [9.17, 15) is 18.0 Å². The van der Waals surface area contributed by atoms with E-state index in [4.69, 9.17) is 5.73 Å². The van der Waals surface area contributed by atoms with Crippen molar-refractivity contribution in [3.05, 3.63) is 29.6 Å². The molecule has 3 atom stereocenters. The molecule has 0 aliphatic heterocycles. The molecule has 2 N–H and O–H groups in total. The summed E-state index contributed by atoms with van der Waals surface area (Å²) in [4.78, 5) is 14.4. The van der Waals surface area contributed by atoms with Crippen LogP contribution in [0.15, 0.2) is 18.3 Å². The number of aromatic nitrogens is 3. The molecule has 0 radical (unpaired) electrons. The highest BCUT2D eigenvalue weighted by Gasteiger charge is 2.79. The summed E-state index contributed by atoms with van der Waals surface area (Å²) in [6.45, 7) is 4.00. The molecule has 3 unspecified atom stereocenters. The molecule has 2 saturated carbocycles. The molecule has 0 spiro atoms. The van der Waals surface area contributed by atoms with Gasteiger partial charge in [-0.3, -0.25) is 4.68 Å². The lowest BCUT2D eigenvalue weighted by atomic mass is 9.97. The quantitative estimate of drug-likeness (QED) is 0.772. The first-order valence-electron chi connectivity index (χ1n) is 9.07. The molecule has 8 heteroatoms. The van der Waals surface area contributed by atoms with Gasteiger partial charge < -0.3 is 10.5 Å². The maximum Gasteiger partial charge on any atom is 0.419 e. The predicted molar refractivity (Wildman–Crippen MR) is 93.8 cm³/mol. The first-order valence-corrected chi connectivity index (χ1v) is 9.07. The molecule has 0 amide bonds. The SMILES string of the molecule is CC(C)n1nc(-c2cnc(N)c(C(F)(F)F)c2)cc1C12CC1C2CCC=O. The van der Waals surface area contributed by atoms with Crippen LogP contribution in [-0.2, 0) is 16.4 Å². The van der Waals surface area contributed by atoms with Gasteiger partial charge >= 0.3 is 6.18 Å². The summed E-state index contributed by atoms with van der Waals surface area (Å²) in [5.41, 5.74) is 6.33. The molecule has 2 fully saturated rings. The predicted octanol–water partition coefficient (Wildman–Crippen LogP) is 3.99. The first kappa shape index (κ1) is 18.0. The molecule has 2 aliphatic rings. The molecule has 2 aliphatic carbocycles. The van der Waals surface area contributed by atoms with Crippen LogP contribution >= 0.6 is 0 Å². The normalized spacial score (nSPS) is 26.1. The van der Waals surface area contributed by atoms with Gasteiger partial charge in [-0.05, 0) is 50.7 Å². The van der Waals surface area contributed by atoms with Gasteiger partial charge in [0.1, 0.15) is 12.1 Å². The van der Waals surface area contributed by atoms with Gasteiger partial charge in [-0.2, -0.15) is 18.3 Å². The second-order valence-electron chi connectivity index (χ2n) is 7.81. The highest BCUT2D eigenvalue weighted by atomic mass is 19.4. The van der Waals surface area contributed by atoms with Gasteiger partial charge in [0.05, 0.1) is 11.3 Å². The van der Waals surface area contributed by atoms with Crippen molar-refractivity contribution in [1.82, 2.24) is 14.8 Å². The van der Waals surface area contributed by atoms with Crippen molar-refractivity contribution in [2.24, 2.45) is 11.8 Å². The van der Waals surface area contributed by atoms with Crippen LogP contribution in [0, 0.1) is 11.8 Å². The number of fused-ring (bicyclic) bond motifs is 1. The lowest BCUT2D eigenvalue weighted by Crippen LogP contribution is -2.14. The van der Waals surface area contributed by atoms with Crippen molar-refractivity contribution >= 4 is 12.1 Å². The Bertz CT molecular complexity index is 905. The van der Waals surface area contributed by atoms with E-state index in [0.717, 1.165) is 30.9 Å². The number of nitrogens with zero attached hydrogens (tertiary/aromatic N) is 3. The highest BCUT2D eigenvalue weighted by Crippen LogP contribution is 2.81. The molecule has 2 heterocycles. The Kier molecular flexibility index (Phi) is 3.87. The minimum absolute atomic E-state index is 0.0482. The van der Waals surface area contributed by atoms with E-state index in [1.807, 2.05) is 24.6 Å². The number of alkyl halides is 3. The van der Waals surface area contributed by atoms with Gasteiger partial charge in [0.25, 0.3) is 0 Å². The maximum atomic E-state index is 13.2.